The van der Waals surface area contributed by atoms with Crippen LogP contribution >= 0.6 is 0 Å². The lowest BCUT2D eigenvalue weighted by Crippen LogP contribution is -2.48. The third-order valence-electron chi connectivity index (χ3n) is 4.76. The highest BCUT2D eigenvalue weighted by Gasteiger charge is 2.24. The summed E-state index contributed by atoms with van der Waals surface area (Å²) in [6.07, 6.45) is 3.55. The van der Waals surface area contributed by atoms with Crippen LogP contribution in [0.3, 0.4) is 0 Å². The molecule has 1 fully saturated rings. The molecule has 27 heavy (non-hydrogen) atoms. The topological polar surface area (TPSA) is 54.5 Å². The summed E-state index contributed by atoms with van der Waals surface area (Å²) in [7, 11) is 0. The molecule has 1 aromatic carbocycles. The summed E-state index contributed by atoms with van der Waals surface area (Å²) in [5, 5.41) is 4.13. The first kappa shape index (κ1) is 17.5. The van der Waals surface area contributed by atoms with Crippen LogP contribution in [0.1, 0.15) is 21.9 Å². The van der Waals surface area contributed by atoms with Gasteiger partial charge in [0, 0.05) is 50.7 Å². The van der Waals surface area contributed by atoms with E-state index in [1.807, 2.05) is 24.4 Å². The predicted octanol–water partition coefficient (Wildman–Crippen LogP) is 2.62. The molecule has 0 aliphatic carbocycles. The first-order valence-electron chi connectivity index (χ1n) is 9.00. The molecule has 0 radical (unpaired) electrons. The van der Waals surface area contributed by atoms with Crippen LogP contribution in [0, 0.1) is 5.82 Å². The van der Waals surface area contributed by atoms with Crippen molar-refractivity contribution in [2.45, 2.75) is 13.1 Å². The van der Waals surface area contributed by atoms with E-state index in [0.717, 1.165) is 0 Å². The average Bonchev–Trinajstić information content (AvgIpc) is 3.36. The van der Waals surface area contributed by atoms with Crippen molar-refractivity contribution in [2.75, 3.05) is 26.2 Å². The number of benzene rings is 1. The Kier molecular flexibility index (Phi) is 5.02. The van der Waals surface area contributed by atoms with E-state index in [4.69, 9.17) is 4.42 Å². The van der Waals surface area contributed by atoms with Crippen molar-refractivity contribution in [1.82, 2.24) is 19.6 Å². The Morgan fingerprint density at radius 3 is 2.59 bits per heavy atom. The van der Waals surface area contributed by atoms with Gasteiger partial charge in [0.05, 0.1) is 6.54 Å². The number of aromatic nitrogens is 2. The third kappa shape index (κ3) is 4.09. The standard InChI is InChI=1S/C20H21FN4O2/c21-18-5-2-1-4-16(18)14-23-10-12-24(13-11-23)20(26)19-7-6-17(27-19)15-25-9-3-8-22-25/h1-9H,10-15H2. The van der Waals surface area contributed by atoms with Crippen molar-refractivity contribution < 1.29 is 13.6 Å². The summed E-state index contributed by atoms with van der Waals surface area (Å²) in [4.78, 5) is 16.6. The Hall–Kier alpha value is -2.93. The zero-order valence-electron chi connectivity index (χ0n) is 14.9. The maximum Gasteiger partial charge on any atom is 0.289 e. The maximum absolute atomic E-state index is 13.8. The van der Waals surface area contributed by atoms with Gasteiger partial charge in [-0.05, 0) is 24.3 Å². The van der Waals surface area contributed by atoms with E-state index in [9.17, 15) is 9.18 Å². The van der Waals surface area contributed by atoms with Crippen LogP contribution < -0.4 is 0 Å². The van der Waals surface area contributed by atoms with E-state index in [1.165, 1.54) is 6.07 Å². The van der Waals surface area contributed by atoms with E-state index in [1.54, 1.807) is 34.0 Å². The quantitative estimate of drug-likeness (QED) is 0.695. The van der Waals surface area contributed by atoms with Gasteiger partial charge in [-0.2, -0.15) is 5.10 Å². The van der Waals surface area contributed by atoms with E-state index in [0.29, 0.717) is 56.4 Å². The van der Waals surface area contributed by atoms with E-state index < -0.39 is 0 Å². The van der Waals surface area contributed by atoms with Crippen LogP contribution in [0.5, 0.6) is 0 Å². The van der Waals surface area contributed by atoms with Crippen molar-refractivity contribution >= 4 is 5.91 Å². The lowest BCUT2D eigenvalue weighted by atomic mass is 10.2. The number of furan rings is 1. The molecule has 3 heterocycles. The molecular weight excluding hydrogens is 347 g/mol. The number of halogens is 1. The number of amides is 1. The number of rotatable bonds is 5. The second-order valence-electron chi connectivity index (χ2n) is 6.63. The van der Waals surface area contributed by atoms with Crippen molar-refractivity contribution in [1.29, 1.82) is 0 Å². The summed E-state index contributed by atoms with van der Waals surface area (Å²) >= 11 is 0. The highest BCUT2D eigenvalue weighted by molar-refractivity contribution is 5.91. The zero-order chi connectivity index (χ0) is 18.6. The van der Waals surface area contributed by atoms with Crippen molar-refractivity contribution in [3.63, 3.8) is 0 Å². The number of hydrogen-bond donors (Lipinski definition) is 0. The Morgan fingerprint density at radius 1 is 1.04 bits per heavy atom. The molecule has 0 spiro atoms. The first-order chi connectivity index (χ1) is 13.2. The fourth-order valence-corrected chi connectivity index (χ4v) is 3.26. The van der Waals surface area contributed by atoms with Gasteiger partial charge in [-0.3, -0.25) is 14.4 Å². The lowest BCUT2D eigenvalue weighted by Gasteiger charge is -2.34. The summed E-state index contributed by atoms with van der Waals surface area (Å²) in [5.41, 5.74) is 0.687. The molecule has 7 heteroatoms. The van der Waals surface area contributed by atoms with Crippen LogP contribution in [-0.4, -0.2) is 51.7 Å². The Morgan fingerprint density at radius 2 is 1.85 bits per heavy atom. The SMILES string of the molecule is O=C(c1ccc(Cn2cccn2)o1)N1CCN(Cc2ccccc2F)CC1. The molecule has 0 atom stereocenters. The highest BCUT2D eigenvalue weighted by Crippen LogP contribution is 2.16. The number of hydrogen-bond acceptors (Lipinski definition) is 4. The molecule has 1 aliphatic heterocycles. The van der Waals surface area contributed by atoms with Crippen LogP contribution in [0.15, 0.2) is 59.3 Å². The van der Waals surface area contributed by atoms with Crippen LogP contribution in [0.25, 0.3) is 0 Å². The normalized spacial score (nSPS) is 15.2. The predicted molar refractivity (Wildman–Crippen MR) is 97.6 cm³/mol. The molecule has 1 aliphatic rings. The summed E-state index contributed by atoms with van der Waals surface area (Å²) < 4.78 is 21.2. The Balaban J connectivity index is 1.32. The van der Waals surface area contributed by atoms with Gasteiger partial charge in [-0.1, -0.05) is 18.2 Å². The van der Waals surface area contributed by atoms with Crippen LogP contribution in [0.4, 0.5) is 4.39 Å². The molecule has 2 aromatic heterocycles. The minimum Gasteiger partial charge on any atom is -0.454 e. The molecule has 0 bridgehead atoms. The minimum atomic E-state index is -0.184. The van der Waals surface area contributed by atoms with Gasteiger partial charge in [0.2, 0.25) is 0 Å². The lowest BCUT2D eigenvalue weighted by molar-refractivity contribution is 0.0594. The van der Waals surface area contributed by atoms with Crippen LogP contribution in [0.2, 0.25) is 0 Å². The van der Waals surface area contributed by atoms with Crippen molar-refractivity contribution in [2.24, 2.45) is 0 Å². The van der Waals surface area contributed by atoms with Crippen molar-refractivity contribution in [3.05, 3.63) is 77.8 Å². The largest absolute Gasteiger partial charge is 0.454 e. The molecule has 4 rings (SSSR count). The van der Waals surface area contributed by atoms with Gasteiger partial charge in [-0.25, -0.2) is 4.39 Å². The van der Waals surface area contributed by atoms with E-state index in [-0.39, 0.29) is 11.7 Å². The summed E-state index contributed by atoms with van der Waals surface area (Å²) in [6, 6.07) is 12.2. The van der Waals surface area contributed by atoms with Gasteiger partial charge < -0.3 is 9.32 Å². The molecule has 0 saturated carbocycles. The maximum atomic E-state index is 13.8. The molecule has 6 nitrogen and oxygen atoms in total. The molecule has 0 unspecified atom stereocenters. The van der Waals surface area contributed by atoms with Gasteiger partial charge in [0.1, 0.15) is 11.6 Å². The van der Waals surface area contributed by atoms with Crippen LogP contribution in [-0.2, 0) is 13.1 Å². The minimum absolute atomic E-state index is 0.104. The third-order valence-corrected chi connectivity index (χ3v) is 4.76. The number of carbonyl (C=O) groups excluding carboxylic acids is 1. The van der Waals surface area contributed by atoms with Gasteiger partial charge in [0.15, 0.2) is 5.76 Å². The van der Waals surface area contributed by atoms with E-state index in [2.05, 4.69) is 10.00 Å². The molecule has 3 aromatic rings. The van der Waals surface area contributed by atoms with E-state index >= 15 is 0 Å². The second-order valence-corrected chi connectivity index (χ2v) is 6.63. The number of piperazine rings is 1. The second kappa shape index (κ2) is 7.75. The number of nitrogens with zero attached hydrogens (tertiary/aromatic N) is 4. The molecule has 0 N–H and O–H groups in total. The van der Waals surface area contributed by atoms with Gasteiger partial charge in [-0.15, -0.1) is 0 Å². The summed E-state index contributed by atoms with van der Waals surface area (Å²) in [6.45, 7) is 3.67. The first-order valence-corrected chi connectivity index (χ1v) is 9.00. The van der Waals surface area contributed by atoms with Gasteiger partial charge >= 0.3 is 0 Å². The average molecular weight is 368 g/mol. The summed E-state index contributed by atoms with van der Waals surface area (Å²) in [5.74, 6) is 0.753. The molecule has 1 saturated heterocycles. The monoisotopic (exact) mass is 368 g/mol. The highest BCUT2D eigenvalue weighted by atomic mass is 19.1. The molecule has 140 valence electrons. The smallest absolute Gasteiger partial charge is 0.289 e. The fraction of sp³-hybridized carbons (Fsp3) is 0.300. The van der Waals surface area contributed by atoms with Gasteiger partial charge in [0.25, 0.3) is 5.91 Å². The zero-order valence-corrected chi connectivity index (χ0v) is 14.9. The number of carbonyl (C=O) groups is 1. The van der Waals surface area contributed by atoms with Crippen molar-refractivity contribution in [3.8, 4) is 0 Å². The Labute approximate surface area is 156 Å². The fourth-order valence-electron chi connectivity index (χ4n) is 3.26. The molecular formula is C20H21FN4O2. The molecule has 1 amide bonds. The Bertz CT molecular complexity index is 898.